The predicted octanol–water partition coefficient (Wildman–Crippen LogP) is 5.37. The average molecular weight is 391 g/mol. The van der Waals surface area contributed by atoms with Crippen molar-refractivity contribution in [1.82, 2.24) is 9.80 Å². The van der Waals surface area contributed by atoms with Crippen LogP contribution in [-0.2, 0) is 11.3 Å². The maximum absolute atomic E-state index is 13.1. The lowest BCUT2D eigenvalue weighted by atomic mass is 9.86. The molecule has 1 aromatic carbocycles. The molecule has 1 saturated heterocycles. The molecule has 0 aromatic heterocycles. The molecule has 2 fully saturated rings. The zero-order valence-electron chi connectivity index (χ0n) is 16.8. The van der Waals surface area contributed by atoms with Gasteiger partial charge in [0, 0.05) is 31.1 Å². The Morgan fingerprint density at radius 2 is 1.74 bits per heavy atom. The highest BCUT2D eigenvalue weighted by Gasteiger charge is 2.23. The molecule has 0 radical (unpaired) electrons. The summed E-state index contributed by atoms with van der Waals surface area (Å²) in [5.74, 6) is 1.77. The van der Waals surface area contributed by atoms with E-state index in [4.69, 9.17) is 11.6 Å². The second-order valence-electron chi connectivity index (χ2n) is 8.67. The molecule has 1 amide bonds. The van der Waals surface area contributed by atoms with Crippen molar-refractivity contribution in [2.75, 3.05) is 26.2 Å². The standard InChI is InChI=1S/C23H35ClN2O/c1-19-11-13-25(14-12-19)15-16-26(18-21-7-9-22(24)10-8-21)23(27)17-20-5-3-2-4-6-20/h7-10,19-20H,2-6,11-18H2,1H3. The molecule has 0 atom stereocenters. The first-order valence-corrected chi connectivity index (χ1v) is 11.2. The lowest BCUT2D eigenvalue weighted by Crippen LogP contribution is -2.41. The third-order valence-corrected chi connectivity index (χ3v) is 6.64. The Kier molecular flexibility index (Phi) is 8.02. The van der Waals surface area contributed by atoms with E-state index in [0.717, 1.165) is 30.5 Å². The molecule has 0 bridgehead atoms. The Morgan fingerprint density at radius 1 is 1.07 bits per heavy atom. The van der Waals surface area contributed by atoms with Crippen LogP contribution in [0.25, 0.3) is 0 Å². The van der Waals surface area contributed by atoms with Crippen molar-refractivity contribution in [1.29, 1.82) is 0 Å². The summed E-state index contributed by atoms with van der Waals surface area (Å²) < 4.78 is 0. The highest BCUT2D eigenvalue weighted by molar-refractivity contribution is 6.30. The van der Waals surface area contributed by atoms with Gasteiger partial charge in [-0.15, -0.1) is 0 Å². The Morgan fingerprint density at radius 3 is 2.41 bits per heavy atom. The monoisotopic (exact) mass is 390 g/mol. The molecule has 27 heavy (non-hydrogen) atoms. The van der Waals surface area contributed by atoms with E-state index in [0.29, 0.717) is 18.4 Å². The summed E-state index contributed by atoms with van der Waals surface area (Å²) >= 11 is 6.03. The lowest BCUT2D eigenvalue weighted by molar-refractivity contribution is -0.133. The summed E-state index contributed by atoms with van der Waals surface area (Å²) in [4.78, 5) is 17.7. The van der Waals surface area contributed by atoms with Crippen LogP contribution in [0.3, 0.4) is 0 Å². The van der Waals surface area contributed by atoms with Gasteiger partial charge in [0.15, 0.2) is 0 Å². The number of halogens is 1. The lowest BCUT2D eigenvalue weighted by Gasteiger charge is -2.33. The number of nitrogens with zero attached hydrogens (tertiary/aromatic N) is 2. The van der Waals surface area contributed by atoms with Crippen molar-refractivity contribution in [3.8, 4) is 0 Å². The Labute approximate surface area is 170 Å². The van der Waals surface area contributed by atoms with Gasteiger partial charge in [-0.1, -0.05) is 49.9 Å². The molecule has 3 rings (SSSR count). The van der Waals surface area contributed by atoms with E-state index in [1.54, 1.807) is 0 Å². The zero-order chi connectivity index (χ0) is 19.1. The summed E-state index contributed by atoms with van der Waals surface area (Å²) in [6, 6.07) is 7.94. The molecule has 1 aromatic rings. The zero-order valence-corrected chi connectivity index (χ0v) is 17.6. The summed E-state index contributed by atoms with van der Waals surface area (Å²) in [5, 5.41) is 0.751. The molecule has 0 N–H and O–H groups in total. The van der Waals surface area contributed by atoms with E-state index >= 15 is 0 Å². The fourth-order valence-electron chi connectivity index (χ4n) is 4.42. The largest absolute Gasteiger partial charge is 0.337 e. The van der Waals surface area contributed by atoms with Gasteiger partial charge >= 0.3 is 0 Å². The molecule has 2 aliphatic rings. The first-order chi connectivity index (χ1) is 13.1. The van der Waals surface area contributed by atoms with Crippen LogP contribution in [-0.4, -0.2) is 41.9 Å². The van der Waals surface area contributed by atoms with Gasteiger partial charge in [-0.05, 0) is 68.3 Å². The molecule has 1 heterocycles. The number of benzene rings is 1. The first-order valence-electron chi connectivity index (χ1n) is 10.8. The van der Waals surface area contributed by atoms with Gasteiger partial charge in [-0.3, -0.25) is 4.79 Å². The third-order valence-electron chi connectivity index (χ3n) is 6.39. The Bertz CT molecular complexity index is 575. The van der Waals surface area contributed by atoms with Crippen LogP contribution < -0.4 is 0 Å². The smallest absolute Gasteiger partial charge is 0.223 e. The van der Waals surface area contributed by atoms with Gasteiger partial charge in [0.25, 0.3) is 0 Å². The van der Waals surface area contributed by atoms with E-state index in [9.17, 15) is 4.79 Å². The number of amides is 1. The number of carbonyl (C=O) groups excluding carboxylic acids is 1. The second kappa shape index (κ2) is 10.5. The van der Waals surface area contributed by atoms with Crippen molar-refractivity contribution in [3.63, 3.8) is 0 Å². The minimum absolute atomic E-state index is 0.335. The van der Waals surface area contributed by atoms with Crippen LogP contribution in [0.15, 0.2) is 24.3 Å². The van der Waals surface area contributed by atoms with Crippen LogP contribution in [0, 0.1) is 11.8 Å². The van der Waals surface area contributed by atoms with Crippen LogP contribution in [0.5, 0.6) is 0 Å². The van der Waals surface area contributed by atoms with E-state index in [2.05, 4.69) is 16.7 Å². The average Bonchev–Trinajstić information content (AvgIpc) is 2.68. The number of hydrogen-bond donors (Lipinski definition) is 0. The van der Waals surface area contributed by atoms with Gasteiger partial charge in [-0.25, -0.2) is 0 Å². The van der Waals surface area contributed by atoms with E-state index in [-0.39, 0.29) is 0 Å². The maximum Gasteiger partial charge on any atom is 0.223 e. The summed E-state index contributed by atoms with van der Waals surface area (Å²) in [7, 11) is 0. The number of piperidine rings is 1. The number of carbonyl (C=O) groups is 1. The Balaban J connectivity index is 1.58. The molecular weight excluding hydrogens is 356 g/mol. The van der Waals surface area contributed by atoms with Gasteiger partial charge in [-0.2, -0.15) is 0 Å². The molecule has 1 saturated carbocycles. The molecule has 3 nitrogen and oxygen atoms in total. The summed E-state index contributed by atoms with van der Waals surface area (Å²) in [6.07, 6.45) is 9.68. The molecule has 0 spiro atoms. The molecular formula is C23H35ClN2O. The summed E-state index contributed by atoms with van der Waals surface area (Å²) in [6.45, 7) is 7.23. The minimum Gasteiger partial charge on any atom is -0.337 e. The van der Waals surface area contributed by atoms with Crippen molar-refractivity contribution in [2.45, 2.75) is 64.8 Å². The third kappa shape index (κ3) is 6.80. The van der Waals surface area contributed by atoms with E-state index < -0.39 is 0 Å². The predicted molar refractivity (Wildman–Crippen MR) is 113 cm³/mol. The summed E-state index contributed by atoms with van der Waals surface area (Å²) in [5.41, 5.74) is 1.17. The molecule has 150 valence electrons. The molecule has 0 unspecified atom stereocenters. The molecule has 1 aliphatic heterocycles. The number of rotatable bonds is 7. The normalized spacial score (nSPS) is 19.9. The van der Waals surface area contributed by atoms with Gasteiger partial charge < -0.3 is 9.80 Å². The number of hydrogen-bond acceptors (Lipinski definition) is 2. The van der Waals surface area contributed by atoms with E-state index in [1.165, 1.54) is 63.6 Å². The topological polar surface area (TPSA) is 23.6 Å². The highest BCUT2D eigenvalue weighted by atomic mass is 35.5. The van der Waals surface area contributed by atoms with Gasteiger partial charge in [0.05, 0.1) is 0 Å². The van der Waals surface area contributed by atoms with Crippen molar-refractivity contribution >= 4 is 17.5 Å². The SMILES string of the molecule is CC1CCN(CCN(Cc2ccc(Cl)cc2)C(=O)CC2CCCCC2)CC1. The van der Waals surface area contributed by atoms with Crippen LogP contribution in [0.4, 0.5) is 0 Å². The van der Waals surface area contributed by atoms with Crippen LogP contribution >= 0.6 is 11.6 Å². The number of likely N-dealkylation sites (tertiary alicyclic amines) is 1. The fourth-order valence-corrected chi connectivity index (χ4v) is 4.54. The fraction of sp³-hybridized carbons (Fsp3) is 0.696. The van der Waals surface area contributed by atoms with Crippen molar-refractivity contribution in [2.24, 2.45) is 11.8 Å². The molecule has 4 heteroatoms. The highest BCUT2D eigenvalue weighted by Crippen LogP contribution is 2.27. The maximum atomic E-state index is 13.1. The van der Waals surface area contributed by atoms with Crippen molar-refractivity contribution < 1.29 is 4.79 Å². The quantitative estimate of drug-likeness (QED) is 0.624. The second-order valence-corrected chi connectivity index (χ2v) is 9.11. The minimum atomic E-state index is 0.335. The Hall–Kier alpha value is -1.06. The van der Waals surface area contributed by atoms with Crippen LogP contribution in [0.2, 0.25) is 5.02 Å². The van der Waals surface area contributed by atoms with Crippen LogP contribution in [0.1, 0.15) is 63.9 Å². The van der Waals surface area contributed by atoms with Gasteiger partial charge in [0.2, 0.25) is 5.91 Å². The molecule has 1 aliphatic carbocycles. The van der Waals surface area contributed by atoms with Crippen molar-refractivity contribution in [3.05, 3.63) is 34.9 Å². The first kappa shape index (κ1) is 20.7. The van der Waals surface area contributed by atoms with Gasteiger partial charge in [0.1, 0.15) is 0 Å². The van der Waals surface area contributed by atoms with E-state index in [1.807, 2.05) is 24.3 Å².